The zero-order chi connectivity index (χ0) is 21.6. The van der Waals surface area contributed by atoms with Crippen LogP contribution < -0.4 is 4.74 Å². The predicted octanol–water partition coefficient (Wildman–Crippen LogP) is 2.82. The van der Waals surface area contributed by atoms with Gasteiger partial charge in [0.25, 0.3) is 11.8 Å². The van der Waals surface area contributed by atoms with Crippen LogP contribution in [-0.4, -0.2) is 67.1 Å². The summed E-state index contributed by atoms with van der Waals surface area (Å²) in [5.74, 6) is 3.25. The van der Waals surface area contributed by atoms with Crippen molar-refractivity contribution in [1.82, 2.24) is 9.80 Å². The van der Waals surface area contributed by atoms with Crippen LogP contribution in [0.3, 0.4) is 0 Å². The molecule has 2 heterocycles. The molecule has 2 fully saturated rings. The molecule has 31 heavy (non-hydrogen) atoms. The lowest BCUT2D eigenvalue weighted by atomic mass is 10.0. The largest absolute Gasteiger partial charge is 0.490 e. The minimum absolute atomic E-state index is 0.00312. The third kappa shape index (κ3) is 5.07. The summed E-state index contributed by atoms with van der Waals surface area (Å²) < 4.78 is 11.5. The van der Waals surface area contributed by atoms with Crippen LogP contribution in [0.15, 0.2) is 48.5 Å². The fourth-order valence-electron chi connectivity index (χ4n) is 3.95. The number of rotatable bonds is 4. The molecule has 0 saturated carbocycles. The highest BCUT2D eigenvalue weighted by atomic mass is 16.5. The first kappa shape index (κ1) is 21.0. The SMILES string of the molecule is C#Cc1cccc(C(=O)N2CCC(Oc3cccc(C(=O)N4CCOCC4)c3)CC2)c1. The average Bonchev–Trinajstić information content (AvgIpc) is 2.84. The molecule has 2 saturated heterocycles. The summed E-state index contributed by atoms with van der Waals surface area (Å²) in [6.45, 7) is 3.62. The lowest BCUT2D eigenvalue weighted by Gasteiger charge is -2.32. The molecule has 0 radical (unpaired) electrons. The summed E-state index contributed by atoms with van der Waals surface area (Å²) in [4.78, 5) is 29.1. The fraction of sp³-hybridized carbons (Fsp3) is 0.360. The van der Waals surface area contributed by atoms with E-state index in [0.717, 1.165) is 12.8 Å². The summed E-state index contributed by atoms with van der Waals surface area (Å²) in [7, 11) is 0. The highest BCUT2D eigenvalue weighted by Gasteiger charge is 2.25. The van der Waals surface area contributed by atoms with Gasteiger partial charge in [-0.05, 0) is 36.4 Å². The molecule has 6 nitrogen and oxygen atoms in total. The Hall–Kier alpha value is -3.30. The first-order valence-corrected chi connectivity index (χ1v) is 10.6. The molecule has 0 aliphatic carbocycles. The number of nitrogens with zero attached hydrogens (tertiary/aromatic N) is 2. The summed E-state index contributed by atoms with van der Waals surface area (Å²) in [5.41, 5.74) is 1.94. The van der Waals surface area contributed by atoms with Gasteiger partial charge in [-0.25, -0.2) is 0 Å². The molecule has 2 aromatic rings. The molecule has 2 aromatic carbocycles. The summed E-state index contributed by atoms with van der Waals surface area (Å²) in [5, 5.41) is 0. The Kier molecular flexibility index (Phi) is 6.54. The van der Waals surface area contributed by atoms with Gasteiger partial charge in [0.05, 0.1) is 13.2 Å². The van der Waals surface area contributed by atoms with Crippen molar-refractivity contribution in [2.75, 3.05) is 39.4 Å². The van der Waals surface area contributed by atoms with Gasteiger partial charge < -0.3 is 19.3 Å². The summed E-state index contributed by atoms with van der Waals surface area (Å²) in [6, 6.07) is 14.5. The van der Waals surface area contributed by atoms with Crippen molar-refractivity contribution in [3.05, 3.63) is 65.2 Å². The van der Waals surface area contributed by atoms with E-state index in [0.29, 0.717) is 61.8 Å². The van der Waals surface area contributed by atoms with Crippen molar-refractivity contribution in [2.45, 2.75) is 18.9 Å². The van der Waals surface area contributed by atoms with Gasteiger partial charge >= 0.3 is 0 Å². The normalized spacial score (nSPS) is 17.1. The van der Waals surface area contributed by atoms with Crippen LogP contribution in [0.2, 0.25) is 0 Å². The molecule has 2 aliphatic heterocycles. The highest BCUT2D eigenvalue weighted by Crippen LogP contribution is 2.22. The van der Waals surface area contributed by atoms with E-state index in [4.69, 9.17) is 15.9 Å². The molecular formula is C25H26N2O4. The van der Waals surface area contributed by atoms with Crippen molar-refractivity contribution in [1.29, 1.82) is 0 Å². The number of benzene rings is 2. The van der Waals surface area contributed by atoms with E-state index in [-0.39, 0.29) is 17.9 Å². The molecule has 0 N–H and O–H groups in total. The Morgan fingerprint density at radius 3 is 2.19 bits per heavy atom. The molecule has 0 atom stereocenters. The molecule has 2 aliphatic rings. The number of carbonyl (C=O) groups is 2. The van der Waals surface area contributed by atoms with E-state index >= 15 is 0 Å². The first-order chi connectivity index (χ1) is 15.1. The maximum atomic E-state index is 12.8. The van der Waals surface area contributed by atoms with E-state index in [1.807, 2.05) is 40.1 Å². The second-order valence-corrected chi connectivity index (χ2v) is 7.77. The van der Waals surface area contributed by atoms with Crippen molar-refractivity contribution in [3.63, 3.8) is 0 Å². The van der Waals surface area contributed by atoms with E-state index in [2.05, 4.69) is 5.92 Å². The lowest BCUT2D eigenvalue weighted by Crippen LogP contribution is -2.42. The fourth-order valence-corrected chi connectivity index (χ4v) is 3.95. The predicted molar refractivity (Wildman–Crippen MR) is 117 cm³/mol. The molecule has 0 unspecified atom stereocenters. The van der Waals surface area contributed by atoms with Gasteiger partial charge in [0.15, 0.2) is 0 Å². The van der Waals surface area contributed by atoms with E-state index in [9.17, 15) is 9.59 Å². The second-order valence-electron chi connectivity index (χ2n) is 7.77. The second kappa shape index (κ2) is 9.67. The average molecular weight is 418 g/mol. The molecule has 2 amide bonds. The number of terminal acetylenes is 1. The number of likely N-dealkylation sites (tertiary alicyclic amines) is 1. The number of ether oxygens (including phenoxy) is 2. The van der Waals surface area contributed by atoms with Crippen LogP contribution in [0.5, 0.6) is 5.75 Å². The van der Waals surface area contributed by atoms with Gasteiger partial charge in [-0.2, -0.15) is 0 Å². The maximum absolute atomic E-state index is 12.8. The smallest absolute Gasteiger partial charge is 0.254 e. The molecular weight excluding hydrogens is 392 g/mol. The van der Waals surface area contributed by atoms with Crippen molar-refractivity contribution in [3.8, 4) is 18.1 Å². The van der Waals surface area contributed by atoms with Crippen LogP contribution in [0.25, 0.3) is 0 Å². The summed E-state index contributed by atoms with van der Waals surface area (Å²) >= 11 is 0. The molecule has 0 aromatic heterocycles. The zero-order valence-electron chi connectivity index (χ0n) is 17.5. The summed E-state index contributed by atoms with van der Waals surface area (Å²) in [6.07, 6.45) is 6.93. The number of morpholine rings is 1. The van der Waals surface area contributed by atoms with E-state index in [1.54, 1.807) is 18.2 Å². The Morgan fingerprint density at radius 2 is 1.52 bits per heavy atom. The van der Waals surface area contributed by atoms with Crippen LogP contribution in [0.4, 0.5) is 0 Å². The Bertz CT molecular complexity index is 983. The van der Waals surface area contributed by atoms with Gasteiger partial charge in [-0.15, -0.1) is 6.42 Å². The van der Waals surface area contributed by atoms with Crippen molar-refractivity contribution >= 4 is 11.8 Å². The third-order valence-electron chi connectivity index (χ3n) is 5.69. The Labute approximate surface area is 182 Å². The number of carbonyl (C=O) groups excluding carboxylic acids is 2. The number of hydrogen-bond donors (Lipinski definition) is 0. The number of piperidine rings is 1. The third-order valence-corrected chi connectivity index (χ3v) is 5.69. The minimum Gasteiger partial charge on any atom is -0.490 e. The van der Waals surface area contributed by atoms with Crippen molar-refractivity contribution in [2.24, 2.45) is 0 Å². The zero-order valence-corrected chi connectivity index (χ0v) is 17.5. The first-order valence-electron chi connectivity index (χ1n) is 10.6. The van der Waals surface area contributed by atoms with Crippen molar-refractivity contribution < 1.29 is 19.1 Å². The quantitative estimate of drug-likeness (QED) is 0.717. The monoisotopic (exact) mass is 418 g/mol. The maximum Gasteiger partial charge on any atom is 0.254 e. The molecule has 0 bridgehead atoms. The van der Waals surface area contributed by atoms with Crippen LogP contribution in [0, 0.1) is 12.3 Å². The Balaban J connectivity index is 1.33. The number of hydrogen-bond acceptors (Lipinski definition) is 4. The lowest BCUT2D eigenvalue weighted by molar-refractivity contribution is 0.0302. The molecule has 0 spiro atoms. The van der Waals surface area contributed by atoms with Gasteiger partial charge in [-0.3, -0.25) is 9.59 Å². The van der Waals surface area contributed by atoms with Gasteiger partial charge in [0, 0.05) is 55.7 Å². The van der Waals surface area contributed by atoms with Crippen LogP contribution in [0.1, 0.15) is 39.1 Å². The topological polar surface area (TPSA) is 59.1 Å². The molecule has 4 rings (SSSR count). The van der Waals surface area contributed by atoms with E-state index < -0.39 is 0 Å². The number of amides is 2. The highest BCUT2D eigenvalue weighted by molar-refractivity contribution is 5.95. The minimum atomic E-state index is -0.00587. The molecule has 6 heteroatoms. The standard InChI is InChI=1S/C25H26N2O4/c1-2-19-5-3-6-20(17-19)24(28)26-11-9-22(10-12-26)31-23-8-4-7-21(18-23)25(29)27-13-15-30-16-14-27/h1,3-8,17-18,22H,9-16H2. The Morgan fingerprint density at radius 1 is 0.903 bits per heavy atom. The van der Waals surface area contributed by atoms with Gasteiger partial charge in [0.2, 0.25) is 0 Å². The van der Waals surface area contributed by atoms with Crippen LogP contribution in [-0.2, 0) is 4.74 Å². The van der Waals surface area contributed by atoms with Gasteiger partial charge in [0.1, 0.15) is 11.9 Å². The van der Waals surface area contributed by atoms with E-state index in [1.165, 1.54) is 0 Å². The van der Waals surface area contributed by atoms with Crippen LogP contribution >= 0.6 is 0 Å². The molecule has 160 valence electrons. The van der Waals surface area contributed by atoms with Gasteiger partial charge in [-0.1, -0.05) is 18.1 Å².